The third-order valence-corrected chi connectivity index (χ3v) is 2.71. The van der Waals surface area contributed by atoms with Gasteiger partial charge in [0.1, 0.15) is 17.4 Å². The van der Waals surface area contributed by atoms with E-state index in [2.05, 4.69) is 4.74 Å². The third kappa shape index (κ3) is 2.39. The molecule has 0 heterocycles. The van der Waals surface area contributed by atoms with Crippen molar-refractivity contribution in [2.75, 3.05) is 14.2 Å². The van der Waals surface area contributed by atoms with Gasteiger partial charge in [-0.3, -0.25) is 0 Å². The van der Waals surface area contributed by atoms with E-state index in [1.54, 1.807) is 6.07 Å². The molecule has 0 unspecified atom stereocenters. The van der Waals surface area contributed by atoms with E-state index in [0.29, 0.717) is 20.4 Å². The summed E-state index contributed by atoms with van der Waals surface area (Å²) in [5, 5.41) is 8.80. The molecule has 0 spiro atoms. The number of carbonyl (C=O) groups is 1. The number of hydrogen-bond acceptors (Lipinski definition) is 4. The lowest BCUT2D eigenvalue weighted by Gasteiger charge is -2.07. The van der Waals surface area contributed by atoms with Crippen LogP contribution in [0, 0.1) is 14.9 Å². The largest absolute Gasteiger partial charge is 0.496 e. The lowest BCUT2D eigenvalue weighted by atomic mass is 10.1. The number of halogens is 1. The zero-order valence-corrected chi connectivity index (χ0v) is 10.4. The van der Waals surface area contributed by atoms with Crippen molar-refractivity contribution in [1.82, 2.24) is 0 Å². The van der Waals surface area contributed by atoms with Crippen molar-refractivity contribution in [1.29, 1.82) is 5.26 Å². The smallest absolute Gasteiger partial charge is 0.341 e. The van der Waals surface area contributed by atoms with E-state index >= 15 is 0 Å². The Morgan fingerprint density at radius 1 is 1.47 bits per heavy atom. The highest BCUT2D eigenvalue weighted by molar-refractivity contribution is 14.1. The number of hydrogen-bond donors (Lipinski definition) is 0. The number of ether oxygens (including phenoxy) is 2. The van der Waals surface area contributed by atoms with Crippen molar-refractivity contribution in [2.45, 2.75) is 0 Å². The molecule has 0 saturated heterocycles. The predicted octanol–water partition coefficient (Wildman–Crippen LogP) is 1.96. The van der Waals surface area contributed by atoms with Crippen LogP contribution in [0.15, 0.2) is 12.1 Å². The average Bonchev–Trinajstić information content (AvgIpc) is 2.27. The van der Waals surface area contributed by atoms with Gasteiger partial charge in [0.15, 0.2) is 0 Å². The molecule has 0 amide bonds. The monoisotopic (exact) mass is 317 g/mol. The maximum atomic E-state index is 11.4. The van der Waals surface area contributed by atoms with Crippen LogP contribution in [0.5, 0.6) is 5.75 Å². The Bertz CT molecular complexity index is 437. The van der Waals surface area contributed by atoms with E-state index in [1.165, 1.54) is 20.3 Å². The SMILES string of the molecule is COC(=O)c1cc(I)c(C#N)cc1OC. The fourth-order valence-corrected chi connectivity index (χ4v) is 1.67. The molecule has 1 rings (SSSR count). The van der Waals surface area contributed by atoms with Crippen LogP contribution < -0.4 is 4.74 Å². The van der Waals surface area contributed by atoms with E-state index in [0.717, 1.165) is 0 Å². The van der Waals surface area contributed by atoms with Crippen LogP contribution in [0.4, 0.5) is 0 Å². The molecular weight excluding hydrogens is 309 g/mol. The molecule has 0 fully saturated rings. The highest BCUT2D eigenvalue weighted by Gasteiger charge is 2.15. The quantitative estimate of drug-likeness (QED) is 0.618. The molecule has 1 aromatic rings. The summed E-state index contributed by atoms with van der Waals surface area (Å²) < 4.78 is 10.3. The van der Waals surface area contributed by atoms with Gasteiger partial charge in [0.25, 0.3) is 0 Å². The summed E-state index contributed by atoms with van der Waals surface area (Å²) in [5.41, 5.74) is 0.795. The molecule has 0 radical (unpaired) electrons. The average molecular weight is 317 g/mol. The summed E-state index contributed by atoms with van der Waals surface area (Å²) in [7, 11) is 2.74. The normalized spacial score (nSPS) is 9.20. The summed E-state index contributed by atoms with van der Waals surface area (Å²) in [6, 6.07) is 5.11. The number of benzene rings is 1. The fraction of sp³-hybridized carbons (Fsp3) is 0.200. The molecule has 0 atom stereocenters. The first kappa shape index (κ1) is 11.8. The van der Waals surface area contributed by atoms with Gasteiger partial charge in [-0.1, -0.05) is 0 Å². The minimum absolute atomic E-state index is 0.323. The zero-order valence-electron chi connectivity index (χ0n) is 8.20. The van der Waals surface area contributed by atoms with E-state index < -0.39 is 5.97 Å². The van der Waals surface area contributed by atoms with Crippen molar-refractivity contribution >= 4 is 28.6 Å². The molecule has 0 aliphatic rings. The first-order chi connectivity index (χ1) is 7.13. The van der Waals surface area contributed by atoms with Crippen LogP contribution in [-0.4, -0.2) is 20.2 Å². The van der Waals surface area contributed by atoms with Gasteiger partial charge >= 0.3 is 5.97 Å². The highest BCUT2D eigenvalue weighted by Crippen LogP contribution is 2.25. The second-order valence-corrected chi connectivity index (χ2v) is 3.80. The van der Waals surface area contributed by atoms with E-state index in [-0.39, 0.29) is 0 Å². The van der Waals surface area contributed by atoms with Gasteiger partial charge < -0.3 is 9.47 Å². The summed E-state index contributed by atoms with van der Waals surface area (Å²) >= 11 is 1.98. The molecule has 0 aliphatic carbocycles. The van der Waals surface area contributed by atoms with E-state index in [4.69, 9.17) is 10.00 Å². The van der Waals surface area contributed by atoms with Crippen LogP contribution in [0.2, 0.25) is 0 Å². The van der Waals surface area contributed by atoms with Crippen LogP contribution >= 0.6 is 22.6 Å². The Morgan fingerprint density at radius 2 is 2.13 bits per heavy atom. The molecule has 4 nitrogen and oxygen atoms in total. The summed E-state index contributed by atoms with van der Waals surface area (Å²) in [4.78, 5) is 11.4. The topological polar surface area (TPSA) is 59.3 Å². The van der Waals surface area contributed by atoms with Gasteiger partial charge in [-0.25, -0.2) is 4.79 Å². The second-order valence-electron chi connectivity index (χ2n) is 2.64. The Balaban J connectivity index is 3.35. The third-order valence-electron chi connectivity index (χ3n) is 1.81. The maximum Gasteiger partial charge on any atom is 0.341 e. The number of nitriles is 1. The van der Waals surface area contributed by atoms with Crippen molar-refractivity contribution in [3.63, 3.8) is 0 Å². The van der Waals surface area contributed by atoms with Crippen LogP contribution in [0.1, 0.15) is 15.9 Å². The molecule has 5 heteroatoms. The minimum atomic E-state index is -0.478. The number of methoxy groups -OCH3 is 2. The Hall–Kier alpha value is -1.29. The van der Waals surface area contributed by atoms with Gasteiger partial charge in [0, 0.05) is 3.57 Å². The Labute approximate surface area is 101 Å². The molecule has 0 bridgehead atoms. The first-order valence-corrected chi connectivity index (χ1v) is 5.07. The van der Waals surface area contributed by atoms with Gasteiger partial charge in [0.05, 0.1) is 19.8 Å². The fourth-order valence-electron chi connectivity index (χ4n) is 1.08. The second kappa shape index (κ2) is 4.98. The van der Waals surface area contributed by atoms with Gasteiger partial charge in [-0.05, 0) is 34.7 Å². The lowest BCUT2D eigenvalue weighted by Crippen LogP contribution is -2.05. The zero-order chi connectivity index (χ0) is 11.4. The van der Waals surface area contributed by atoms with Crippen molar-refractivity contribution < 1.29 is 14.3 Å². The summed E-state index contributed by atoms with van der Waals surface area (Å²) in [5.74, 6) is -0.131. The molecule has 0 N–H and O–H groups in total. The van der Waals surface area contributed by atoms with Crippen molar-refractivity contribution in [3.8, 4) is 11.8 Å². The first-order valence-electron chi connectivity index (χ1n) is 4.00. The summed E-state index contributed by atoms with van der Waals surface area (Å²) in [6.45, 7) is 0. The van der Waals surface area contributed by atoms with Gasteiger partial charge in [0.2, 0.25) is 0 Å². The number of nitrogens with zero attached hydrogens (tertiary/aromatic N) is 1. The molecular formula is C10H8INO3. The van der Waals surface area contributed by atoms with Crippen LogP contribution in [0.3, 0.4) is 0 Å². The molecule has 0 aromatic heterocycles. The van der Waals surface area contributed by atoms with Gasteiger partial charge in [-0.2, -0.15) is 5.26 Å². The number of esters is 1. The van der Waals surface area contributed by atoms with Crippen LogP contribution in [-0.2, 0) is 4.74 Å². The summed E-state index contributed by atoms with van der Waals surface area (Å²) in [6.07, 6.45) is 0. The highest BCUT2D eigenvalue weighted by atomic mass is 127. The van der Waals surface area contributed by atoms with Crippen molar-refractivity contribution in [3.05, 3.63) is 26.8 Å². The number of rotatable bonds is 2. The Kier molecular flexibility index (Phi) is 3.91. The maximum absolute atomic E-state index is 11.4. The standard InChI is InChI=1S/C10H8INO3/c1-14-9-3-6(5-12)8(11)4-7(9)10(13)15-2/h3-4H,1-2H3. The molecule has 1 aromatic carbocycles. The minimum Gasteiger partial charge on any atom is -0.496 e. The number of carbonyl (C=O) groups excluding carboxylic acids is 1. The van der Waals surface area contributed by atoms with Crippen LogP contribution in [0.25, 0.3) is 0 Å². The van der Waals surface area contributed by atoms with E-state index in [1.807, 2.05) is 28.7 Å². The molecule has 0 aliphatic heterocycles. The van der Waals surface area contributed by atoms with Gasteiger partial charge in [-0.15, -0.1) is 0 Å². The molecule has 78 valence electrons. The predicted molar refractivity (Wildman–Crippen MR) is 61.8 cm³/mol. The Morgan fingerprint density at radius 3 is 2.60 bits per heavy atom. The molecule has 15 heavy (non-hydrogen) atoms. The van der Waals surface area contributed by atoms with E-state index in [9.17, 15) is 4.79 Å². The molecule has 0 saturated carbocycles. The van der Waals surface area contributed by atoms with Crippen molar-refractivity contribution in [2.24, 2.45) is 0 Å². The lowest BCUT2D eigenvalue weighted by molar-refractivity contribution is 0.0597.